The summed E-state index contributed by atoms with van der Waals surface area (Å²) in [5.74, 6) is 0.783. The fourth-order valence-electron chi connectivity index (χ4n) is 9.97. The Hall–Kier alpha value is -0.120. The van der Waals surface area contributed by atoms with E-state index in [0.29, 0.717) is 6.61 Å². The number of hydrogen-bond acceptors (Lipinski definition) is 3. The van der Waals surface area contributed by atoms with Crippen molar-refractivity contribution < 1.29 is 15.3 Å². The zero-order chi connectivity index (χ0) is 49.6. The van der Waals surface area contributed by atoms with Crippen LogP contribution in [0.15, 0.2) is 0 Å². The van der Waals surface area contributed by atoms with Gasteiger partial charge < -0.3 is 15.3 Å². The van der Waals surface area contributed by atoms with Gasteiger partial charge in [0.05, 0.1) is 12.2 Å². The SMILES string of the molecule is CCCCCCCCCC(O)CCCCCC.CCCCCCCCCCCCC(O)CCC.CCCCCCCCCCCCCCCCC(CCO)CCCCCCCCCCCCC. The summed E-state index contributed by atoms with van der Waals surface area (Å²) in [6.45, 7) is 13.9. The highest BCUT2D eigenvalue weighted by Crippen LogP contribution is 2.23. The molecule has 0 saturated heterocycles. The van der Waals surface area contributed by atoms with Crippen molar-refractivity contribution in [2.45, 2.75) is 400 Å². The van der Waals surface area contributed by atoms with E-state index in [1.54, 1.807) is 0 Å². The maximum atomic E-state index is 9.79. The fraction of sp³-hybridized carbons (Fsp3) is 1.00. The van der Waals surface area contributed by atoms with Crippen molar-refractivity contribution >= 4 is 0 Å². The van der Waals surface area contributed by atoms with Crippen molar-refractivity contribution in [2.75, 3.05) is 6.61 Å². The fourth-order valence-corrected chi connectivity index (χ4v) is 9.97. The van der Waals surface area contributed by atoms with Crippen molar-refractivity contribution in [3.8, 4) is 0 Å². The minimum atomic E-state index is -0.0333. The predicted octanol–water partition coefficient (Wildman–Crippen LogP) is 22.5. The number of rotatable bonds is 55. The molecule has 0 fully saturated rings. The van der Waals surface area contributed by atoms with E-state index in [2.05, 4.69) is 41.5 Å². The van der Waals surface area contributed by atoms with Crippen LogP contribution < -0.4 is 0 Å². The quantitative estimate of drug-likeness (QED) is 0.0533. The van der Waals surface area contributed by atoms with Gasteiger partial charge in [-0.05, 0) is 38.0 Å². The average Bonchev–Trinajstić information content (AvgIpc) is 3.33. The molecular formula is C64H134O3. The molecule has 0 aliphatic rings. The van der Waals surface area contributed by atoms with E-state index in [1.807, 2.05) is 0 Å². The second-order valence-electron chi connectivity index (χ2n) is 21.9. The Morgan fingerprint density at radius 2 is 0.373 bits per heavy atom. The minimum absolute atomic E-state index is 0.0255. The van der Waals surface area contributed by atoms with Gasteiger partial charge in [-0.25, -0.2) is 0 Å². The summed E-state index contributed by atoms with van der Waals surface area (Å²) in [5, 5.41) is 28.8. The molecule has 0 heterocycles. The lowest BCUT2D eigenvalue weighted by Gasteiger charge is -2.15. The standard InChI is InChI=1S/C32H66O.2C16H34O/c1-3-5-7-9-11-13-15-16-17-19-21-23-25-27-29-32(30-31-33)28-26-24-22-20-18-14-12-10-8-6-4-2;1-3-5-6-7-8-9-10-11-12-13-15-16(17)14-4-2;1-3-5-7-9-10-11-13-15-16(17)14-12-8-6-4-2/h32-33H,3-31H2,1-2H3;2*16-17H,3-15H2,1-2H3. The lowest BCUT2D eigenvalue weighted by molar-refractivity contribution is 0.147. The molecule has 0 bridgehead atoms. The summed E-state index contributed by atoms with van der Waals surface area (Å²) in [4.78, 5) is 0. The largest absolute Gasteiger partial charge is 0.396 e. The van der Waals surface area contributed by atoms with E-state index in [1.165, 1.54) is 308 Å². The summed E-state index contributed by atoms with van der Waals surface area (Å²) in [6.07, 6.45) is 73.0. The van der Waals surface area contributed by atoms with Gasteiger partial charge in [0.1, 0.15) is 0 Å². The van der Waals surface area contributed by atoms with Crippen LogP contribution in [0, 0.1) is 5.92 Å². The van der Waals surface area contributed by atoms with Crippen LogP contribution in [-0.2, 0) is 0 Å². The minimum Gasteiger partial charge on any atom is -0.396 e. The Kier molecular flexibility index (Phi) is 72.2. The van der Waals surface area contributed by atoms with Crippen LogP contribution >= 0.6 is 0 Å². The van der Waals surface area contributed by atoms with Gasteiger partial charge in [0.15, 0.2) is 0 Å². The number of aliphatic hydroxyl groups is 3. The van der Waals surface area contributed by atoms with E-state index in [4.69, 9.17) is 0 Å². The summed E-state index contributed by atoms with van der Waals surface area (Å²) < 4.78 is 0. The van der Waals surface area contributed by atoms with Crippen LogP contribution in [0.25, 0.3) is 0 Å². The molecule has 3 heteroatoms. The van der Waals surface area contributed by atoms with E-state index in [0.717, 1.165) is 44.4 Å². The number of hydrogen-bond donors (Lipinski definition) is 3. The van der Waals surface area contributed by atoms with Crippen LogP contribution in [0.1, 0.15) is 388 Å². The van der Waals surface area contributed by atoms with Gasteiger partial charge in [0.2, 0.25) is 0 Å². The molecule has 0 aliphatic carbocycles. The number of aliphatic hydroxyl groups excluding tert-OH is 3. The molecule has 3 N–H and O–H groups in total. The van der Waals surface area contributed by atoms with Gasteiger partial charge in [-0.2, -0.15) is 0 Å². The third kappa shape index (κ3) is 70.2. The molecule has 0 aromatic heterocycles. The third-order valence-electron chi connectivity index (χ3n) is 14.8. The second kappa shape index (κ2) is 68.0. The maximum Gasteiger partial charge on any atom is 0.0540 e. The van der Waals surface area contributed by atoms with Crippen molar-refractivity contribution in [1.82, 2.24) is 0 Å². The average molecular weight is 952 g/mol. The zero-order valence-corrected chi connectivity index (χ0v) is 48.0. The summed E-state index contributed by atoms with van der Waals surface area (Å²) in [6, 6.07) is 0. The van der Waals surface area contributed by atoms with Crippen molar-refractivity contribution in [3.63, 3.8) is 0 Å². The Morgan fingerprint density at radius 3 is 0.582 bits per heavy atom. The molecule has 0 saturated carbocycles. The van der Waals surface area contributed by atoms with Crippen LogP contribution in [0.3, 0.4) is 0 Å². The van der Waals surface area contributed by atoms with Crippen LogP contribution in [0.2, 0.25) is 0 Å². The molecule has 0 aromatic carbocycles. The first kappa shape index (κ1) is 71.1. The molecule has 0 aromatic rings. The first-order chi connectivity index (χ1) is 33.0. The van der Waals surface area contributed by atoms with Crippen molar-refractivity contribution in [2.24, 2.45) is 5.92 Å². The van der Waals surface area contributed by atoms with Gasteiger partial charge in [-0.15, -0.1) is 0 Å². The highest BCUT2D eigenvalue weighted by atomic mass is 16.3. The summed E-state index contributed by atoms with van der Waals surface area (Å²) in [7, 11) is 0. The molecule has 0 amide bonds. The summed E-state index contributed by atoms with van der Waals surface area (Å²) in [5.41, 5.74) is 0. The number of unbranched alkanes of at least 4 members (excludes halogenated alkanes) is 41. The smallest absolute Gasteiger partial charge is 0.0540 e. The van der Waals surface area contributed by atoms with Gasteiger partial charge in [0, 0.05) is 6.61 Å². The Morgan fingerprint density at radius 1 is 0.194 bits per heavy atom. The first-order valence-electron chi connectivity index (χ1n) is 31.9. The molecule has 408 valence electrons. The highest BCUT2D eigenvalue weighted by molar-refractivity contribution is 4.62. The third-order valence-corrected chi connectivity index (χ3v) is 14.8. The Balaban J connectivity index is -0.00000101. The maximum absolute atomic E-state index is 9.79. The van der Waals surface area contributed by atoms with Crippen molar-refractivity contribution in [3.05, 3.63) is 0 Å². The molecule has 3 nitrogen and oxygen atoms in total. The highest BCUT2D eigenvalue weighted by Gasteiger charge is 2.08. The first-order valence-corrected chi connectivity index (χ1v) is 31.9. The lowest BCUT2D eigenvalue weighted by atomic mass is 9.91. The van der Waals surface area contributed by atoms with Crippen LogP contribution in [-0.4, -0.2) is 34.1 Å². The Bertz CT molecular complexity index is 786. The van der Waals surface area contributed by atoms with E-state index in [9.17, 15) is 15.3 Å². The van der Waals surface area contributed by atoms with Crippen LogP contribution in [0.4, 0.5) is 0 Å². The van der Waals surface area contributed by atoms with Gasteiger partial charge in [0.25, 0.3) is 0 Å². The molecule has 0 radical (unpaired) electrons. The molecule has 67 heavy (non-hydrogen) atoms. The van der Waals surface area contributed by atoms with Gasteiger partial charge in [-0.1, -0.05) is 356 Å². The van der Waals surface area contributed by atoms with Gasteiger partial charge >= 0.3 is 0 Å². The van der Waals surface area contributed by atoms with Crippen LogP contribution in [0.5, 0.6) is 0 Å². The lowest BCUT2D eigenvalue weighted by Crippen LogP contribution is -2.05. The zero-order valence-electron chi connectivity index (χ0n) is 48.0. The monoisotopic (exact) mass is 951 g/mol. The van der Waals surface area contributed by atoms with E-state index in [-0.39, 0.29) is 12.2 Å². The van der Waals surface area contributed by atoms with Gasteiger partial charge in [-0.3, -0.25) is 0 Å². The van der Waals surface area contributed by atoms with E-state index >= 15 is 0 Å². The molecular weight excluding hydrogens is 817 g/mol. The second-order valence-corrected chi connectivity index (χ2v) is 21.9. The predicted molar refractivity (Wildman–Crippen MR) is 306 cm³/mol. The molecule has 3 unspecified atom stereocenters. The normalized spacial score (nSPS) is 12.7. The summed E-state index contributed by atoms with van der Waals surface area (Å²) >= 11 is 0. The molecule has 0 aliphatic heterocycles. The van der Waals surface area contributed by atoms with Crippen molar-refractivity contribution in [1.29, 1.82) is 0 Å². The molecule has 0 rings (SSSR count). The Labute approximate surface area is 426 Å². The molecule has 0 spiro atoms. The topological polar surface area (TPSA) is 60.7 Å². The van der Waals surface area contributed by atoms with E-state index < -0.39 is 0 Å². The molecule has 3 atom stereocenters.